The number of aromatic nitrogens is 3. The molecule has 3 N–H and O–H groups in total. The van der Waals surface area contributed by atoms with Crippen LogP contribution in [0.5, 0.6) is 17.6 Å². The van der Waals surface area contributed by atoms with E-state index in [1.54, 1.807) is 17.9 Å². The Labute approximate surface area is 313 Å². The van der Waals surface area contributed by atoms with Crippen molar-refractivity contribution in [2.24, 2.45) is 11.3 Å². The molecule has 0 radical (unpaired) electrons. The van der Waals surface area contributed by atoms with E-state index in [1.165, 1.54) is 31.4 Å². The Morgan fingerprint density at radius 3 is 2.65 bits per heavy atom. The second kappa shape index (κ2) is 14.9. The molecule has 4 atom stereocenters. The summed E-state index contributed by atoms with van der Waals surface area (Å²) >= 11 is 0. The first kappa shape index (κ1) is 37.0. The van der Waals surface area contributed by atoms with Gasteiger partial charge >= 0.3 is 6.01 Å². The zero-order valence-corrected chi connectivity index (χ0v) is 30.9. The van der Waals surface area contributed by atoms with Crippen molar-refractivity contribution in [1.29, 1.82) is 0 Å². The van der Waals surface area contributed by atoms with Crippen LogP contribution in [0, 0.1) is 23.0 Å². The highest BCUT2D eigenvalue weighted by atomic mass is 19.1. The molecule has 0 unspecified atom stereocenters. The number of likely N-dealkylation sites (tertiary alicyclic amines) is 1. The van der Waals surface area contributed by atoms with Crippen LogP contribution in [0.4, 0.5) is 14.6 Å². The molecule has 0 spiro atoms. The van der Waals surface area contributed by atoms with E-state index < -0.39 is 23.3 Å². The maximum absolute atomic E-state index is 17.2. The predicted molar refractivity (Wildman–Crippen MR) is 198 cm³/mol. The number of pyridine rings is 1. The van der Waals surface area contributed by atoms with Crippen molar-refractivity contribution in [3.8, 4) is 28.9 Å². The van der Waals surface area contributed by atoms with Gasteiger partial charge in [0.25, 0.3) is 0 Å². The van der Waals surface area contributed by atoms with Crippen molar-refractivity contribution in [3.63, 3.8) is 0 Å². The highest BCUT2D eigenvalue weighted by Gasteiger charge is 2.49. The van der Waals surface area contributed by atoms with Crippen molar-refractivity contribution >= 4 is 27.5 Å². The van der Waals surface area contributed by atoms with E-state index in [2.05, 4.69) is 14.9 Å². The summed E-state index contributed by atoms with van der Waals surface area (Å²) in [6, 6.07) is 7.36. The molecule has 54 heavy (non-hydrogen) atoms. The molecule has 1 saturated carbocycles. The van der Waals surface area contributed by atoms with Gasteiger partial charge in [0.05, 0.1) is 39.6 Å². The molecule has 4 fully saturated rings. The average molecular weight is 750 g/mol. The Morgan fingerprint density at radius 1 is 1.04 bits per heavy atom. The number of nitrogens with zero attached hydrogens (tertiary/aromatic N) is 5. The van der Waals surface area contributed by atoms with Gasteiger partial charge in [-0.3, -0.25) is 4.90 Å². The summed E-state index contributed by atoms with van der Waals surface area (Å²) in [6.45, 7) is 5.44. The van der Waals surface area contributed by atoms with Crippen LogP contribution in [0.1, 0.15) is 51.9 Å². The maximum atomic E-state index is 17.2. The Bertz CT molecular complexity index is 2010. The first-order chi connectivity index (χ1) is 26.1. The van der Waals surface area contributed by atoms with Crippen LogP contribution in [0.2, 0.25) is 0 Å². The van der Waals surface area contributed by atoms with Gasteiger partial charge in [-0.2, -0.15) is 9.97 Å². The van der Waals surface area contributed by atoms with Crippen LogP contribution >= 0.6 is 0 Å². The number of hydrogen-bond donors (Lipinski definition) is 3. The van der Waals surface area contributed by atoms with Crippen LogP contribution in [-0.4, -0.2) is 119 Å². The monoisotopic (exact) mass is 749 g/mol. The molecule has 1 aliphatic carbocycles. The molecule has 3 aliphatic heterocycles. The molecule has 0 bridgehead atoms. The van der Waals surface area contributed by atoms with Gasteiger partial charge in [0.1, 0.15) is 39.6 Å². The van der Waals surface area contributed by atoms with Crippen LogP contribution in [0.25, 0.3) is 32.9 Å². The predicted octanol–water partition coefficient (Wildman–Crippen LogP) is 5.23. The number of fused-ring (bicyclic) bond motifs is 3. The second-order valence-corrected chi connectivity index (χ2v) is 15.9. The Hall–Kier alpha value is -3.95. The van der Waals surface area contributed by atoms with Crippen molar-refractivity contribution in [1.82, 2.24) is 19.9 Å². The average Bonchev–Trinajstić information content (AvgIpc) is 3.53. The molecule has 0 amide bonds. The largest absolute Gasteiger partial charge is 0.508 e. The quantitative estimate of drug-likeness (QED) is 0.206. The van der Waals surface area contributed by atoms with E-state index in [-0.39, 0.29) is 82.7 Å². The van der Waals surface area contributed by atoms with Gasteiger partial charge in [-0.1, -0.05) is 18.6 Å². The summed E-state index contributed by atoms with van der Waals surface area (Å²) in [5.74, 6) is -0.944. The number of halogens is 2. The number of rotatable bonds is 9. The molecule has 4 aromatic rings. The number of piperidine rings is 1. The van der Waals surface area contributed by atoms with Gasteiger partial charge in [0.15, 0.2) is 5.82 Å². The fourth-order valence-corrected chi connectivity index (χ4v) is 9.36. The molecule has 290 valence electrons. The minimum Gasteiger partial charge on any atom is -0.508 e. The number of methoxy groups -OCH3 is 1. The van der Waals surface area contributed by atoms with E-state index >= 15 is 8.78 Å². The van der Waals surface area contributed by atoms with Gasteiger partial charge < -0.3 is 39.2 Å². The summed E-state index contributed by atoms with van der Waals surface area (Å²) in [4.78, 5) is 18.5. The number of phenols is 1. The third kappa shape index (κ3) is 7.03. The van der Waals surface area contributed by atoms with Crippen LogP contribution in [-0.2, 0) is 9.47 Å². The molecule has 4 aliphatic rings. The molecule has 2 aromatic carbocycles. The van der Waals surface area contributed by atoms with Gasteiger partial charge in [-0.25, -0.2) is 13.8 Å². The van der Waals surface area contributed by atoms with Gasteiger partial charge in [0.2, 0.25) is 5.88 Å². The Kier molecular flexibility index (Phi) is 10.2. The lowest BCUT2D eigenvalue weighted by molar-refractivity contribution is -0.0528. The number of anilines is 1. The maximum Gasteiger partial charge on any atom is 0.319 e. The van der Waals surface area contributed by atoms with Crippen LogP contribution < -0.4 is 14.4 Å². The minimum absolute atomic E-state index is 0.0226. The number of phenolic OH excluding ortho intramolecular Hbond substituents is 1. The molecule has 3 saturated heterocycles. The number of aromatic hydroxyl groups is 1. The second-order valence-electron chi connectivity index (χ2n) is 15.9. The minimum atomic E-state index is -1.36. The van der Waals surface area contributed by atoms with E-state index in [0.29, 0.717) is 24.0 Å². The van der Waals surface area contributed by atoms with E-state index in [4.69, 9.17) is 23.9 Å². The summed E-state index contributed by atoms with van der Waals surface area (Å²) in [5, 5.41) is 32.6. The van der Waals surface area contributed by atoms with Crippen molar-refractivity contribution in [2.45, 2.75) is 69.6 Å². The lowest BCUT2D eigenvalue weighted by Gasteiger charge is -2.47. The number of β-amino-alcohol motifs (C(OH)–C–C–N with tert-alkyl or cyclic N) is 1. The van der Waals surface area contributed by atoms with Crippen LogP contribution in [0.15, 0.2) is 30.3 Å². The van der Waals surface area contributed by atoms with Crippen molar-refractivity contribution < 1.29 is 43.0 Å². The Morgan fingerprint density at radius 2 is 1.85 bits per heavy atom. The molecule has 2 aromatic heterocycles. The van der Waals surface area contributed by atoms with Crippen molar-refractivity contribution in [3.05, 3.63) is 42.0 Å². The third-order valence-electron chi connectivity index (χ3n) is 11.9. The van der Waals surface area contributed by atoms with Gasteiger partial charge in [-0.05, 0) is 81.5 Å². The summed E-state index contributed by atoms with van der Waals surface area (Å²) in [7, 11) is 1.38. The molecular weight excluding hydrogens is 700 g/mol. The topological polar surface area (TPSA) is 143 Å². The SMILES string of the molecule is COc1nc(-c2cc(O)cc3cccc(F)c23)c(F)c2nc(OC[C@]34CCC[C@H]3N(CC3CCOCC3)CCC4)nc(N3C[C@H](CO)OC[C@@](C)(O)C3)c12. The summed E-state index contributed by atoms with van der Waals surface area (Å²) < 4.78 is 56.4. The molecule has 8 rings (SSSR count). The number of aliphatic hydroxyl groups excluding tert-OH is 1. The molecule has 14 heteroatoms. The zero-order chi connectivity index (χ0) is 37.6. The number of ether oxygens (including phenoxy) is 4. The normalized spacial score (nSPS) is 27.0. The van der Waals surface area contributed by atoms with Gasteiger partial charge in [-0.15, -0.1) is 0 Å². The van der Waals surface area contributed by atoms with E-state index in [0.717, 1.165) is 71.2 Å². The lowest BCUT2D eigenvalue weighted by Crippen LogP contribution is -2.53. The first-order valence-corrected chi connectivity index (χ1v) is 19.1. The molecule has 5 heterocycles. The fourth-order valence-electron chi connectivity index (χ4n) is 9.36. The Balaban J connectivity index is 1.24. The first-order valence-electron chi connectivity index (χ1n) is 19.1. The molecule has 12 nitrogen and oxygen atoms in total. The van der Waals surface area contributed by atoms with E-state index in [1.807, 2.05) is 0 Å². The number of hydrogen-bond acceptors (Lipinski definition) is 12. The smallest absolute Gasteiger partial charge is 0.319 e. The number of aliphatic hydroxyl groups is 2. The fraction of sp³-hybridized carbons (Fsp3) is 0.575. The zero-order valence-electron chi connectivity index (χ0n) is 30.9. The van der Waals surface area contributed by atoms with Crippen LogP contribution in [0.3, 0.4) is 0 Å². The molecular formula is C40H49F2N5O7. The highest BCUT2D eigenvalue weighted by Crippen LogP contribution is 2.49. The standard InChI is InChI=1S/C40H49F2N5O7/c1-39(50)21-47(19-27(20-48)53-22-39)36-32-35(33(42)34(43-37(32)51-2)28-17-26(49)16-25-6-3-7-29(41)31(25)28)44-38(45-36)54-23-40-11-4-8-30(40)46(13-5-12-40)18-24-9-14-52-15-10-24/h3,6-7,16-17,24,27,30,48-50H,4-5,8-15,18-23H2,1-2H3/t27-,30-,39+,40-/m1/s1. The van der Waals surface area contributed by atoms with Gasteiger partial charge in [0, 0.05) is 48.7 Å². The summed E-state index contributed by atoms with van der Waals surface area (Å²) in [5.41, 5.74) is -1.91. The highest BCUT2D eigenvalue weighted by molar-refractivity contribution is 6.02. The third-order valence-corrected chi connectivity index (χ3v) is 11.9. The summed E-state index contributed by atoms with van der Waals surface area (Å²) in [6.07, 6.45) is 6.68. The lowest BCUT2D eigenvalue weighted by atomic mass is 9.75. The number of benzene rings is 2. The van der Waals surface area contributed by atoms with E-state index in [9.17, 15) is 15.3 Å². The van der Waals surface area contributed by atoms with Crippen molar-refractivity contribution in [2.75, 3.05) is 71.2 Å².